The summed E-state index contributed by atoms with van der Waals surface area (Å²) < 4.78 is 42.5. The number of hydrogen-bond acceptors (Lipinski definition) is 4. The van der Waals surface area contributed by atoms with Gasteiger partial charge in [0.1, 0.15) is 5.82 Å². The van der Waals surface area contributed by atoms with E-state index in [9.17, 15) is 17.6 Å². The van der Waals surface area contributed by atoms with Crippen LogP contribution < -0.4 is 10.0 Å². The minimum Gasteiger partial charge on any atom is -0.322 e. The van der Waals surface area contributed by atoms with Crippen molar-refractivity contribution in [2.24, 2.45) is 0 Å². The molecule has 7 nitrogen and oxygen atoms in total. The van der Waals surface area contributed by atoms with Gasteiger partial charge in [0.15, 0.2) is 0 Å². The van der Waals surface area contributed by atoms with Crippen molar-refractivity contribution in [3.63, 3.8) is 0 Å². The van der Waals surface area contributed by atoms with Gasteiger partial charge in [0.05, 0.1) is 27.5 Å². The SMILES string of the molecule is Cc1ccc(S(=O)(=O)Nc2ccc(NC(=O)c3c(C)nn(-c4ccc(F)cc4)c3C)cc2)cc1. The van der Waals surface area contributed by atoms with E-state index in [0.717, 1.165) is 5.56 Å². The molecule has 1 aromatic heterocycles. The van der Waals surface area contributed by atoms with Crippen LogP contribution in [0.5, 0.6) is 0 Å². The van der Waals surface area contributed by atoms with Crippen LogP contribution in [0.1, 0.15) is 27.3 Å². The summed E-state index contributed by atoms with van der Waals surface area (Å²) in [5.41, 5.74) is 4.03. The maximum atomic E-state index is 13.2. The fourth-order valence-electron chi connectivity index (χ4n) is 3.55. The van der Waals surface area contributed by atoms with Crippen molar-refractivity contribution in [3.8, 4) is 5.69 Å². The highest BCUT2D eigenvalue weighted by molar-refractivity contribution is 7.92. The van der Waals surface area contributed by atoms with Gasteiger partial charge in [-0.2, -0.15) is 5.10 Å². The molecular weight excluding hydrogens is 455 g/mol. The Balaban J connectivity index is 1.49. The monoisotopic (exact) mass is 478 g/mol. The second kappa shape index (κ2) is 9.11. The van der Waals surface area contributed by atoms with Crippen molar-refractivity contribution in [2.45, 2.75) is 25.7 Å². The number of nitrogens with zero attached hydrogens (tertiary/aromatic N) is 2. The van der Waals surface area contributed by atoms with Crippen LogP contribution in [0, 0.1) is 26.6 Å². The molecule has 0 aliphatic heterocycles. The number of rotatable bonds is 6. The number of nitrogens with one attached hydrogen (secondary N) is 2. The Morgan fingerprint density at radius 3 is 2.06 bits per heavy atom. The quantitative estimate of drug-likeness (QED) is 0.408. The second-order valence-electron chi connectivity index (χ2n) is 7.88. The van der Waals surface area contributed by atoms with Crippen molar-refractivity contribution < 1.29 is 17.6 Å². The highest BCUT2D eigenvalue weighted by atomic mass is 32.2. The first-order valence-corrected chi connectivity index (χ1v) is 12.0. The lowest BCUT2D eigenvalue weighted by molar-refractivity contribution is 0.102. The van der Waals surface area contributed by atoms with Gasteiger partial charge in [0.25, 0.3) is 15.9 Å². The summed E-state index contributed by atoms with van der Waals surface area (Å²) in [5.74, 6) is -0.704. The van der Waals surface area contributed by atoms with Crippen molar-refractivity contribution in [3.05, 3.63) is 101 Å². The van der Waals surface area contributed by atoms with Gasteiger partial charge in [0.2, 0.25) is 0 Å². The maximum Gasteiger partial charge on any atom is 0.261 e. The number of aromatic nitrogens is 2. The van der Waals surface area contributed by atoms with Gasteiger partial charge in [-0.1, -0.05) is 17.7 Å². The number of carbonyl (C=O) groups is 1. The topological polar surface area (TPSA) is 93.1 Å². The average Bonchev–Trinajstić information content (AvgIpc) is 3.09. The summed E-state index contributed by atoms with van der Waals surface area (Å²) in [6, 6.07) is 18.8. The van der Waals surface area contributed by atoms with Crippen molar-refractivity contribution in [2.75, 3.05) is 10.0 Å². The summed E-state index contributed by atoms with van der Waals surface area (Å²) in [4.78, 5) is 13.1. The van der Waals surface area contributed by atoms with E-state index < -0.39 is 10.0 Å². The Morgan fingerprint density at radius 1 is 0.853 bits per heavy atom. The van der Waals surface area contributed by atoms with E-state index in [-0.39, 0.29) is 16.6 Å². The normalized spacial score (nSPS) is 11.3. The summed E-state index contributed by atoms with van der Waals surface area (Å²) >= 11 is 0. The molecule has 0 unspecified atom stereocenters. The number of benzene rings is 3. The third-order valence-corrected chi connectivity index (χ3v) is 6.71. The van der Waals surface area contributed by atoms with Gasteiger partial charge in [-0.15, -0.1) is 0 Å². The molecule has 2 N–H and O–H groups in total. The Hall–Kier alpha value is -3.98. The smallest absolute Gasteiger partial charge is 0.261 e. The largest absolute Gasteiger partial charge is 0.322 e. The lowest BCUT2D eigenvalue weighted by atomic mass is 10.1. The van der Waals surface area contributed by atoms with Crippen LogP contribution >= 0.6 is 0 Å². The molecule has 0 saturated heterocycles. The number of carbonyl (C=O) groups excluding carboxylic acids is 1. The number of sulfonamides is 1. The average molecular weight is 479 g/mol. The van der Waals surface area contributed by atoms with Crippen LogP contribution in [0.25, 0.3) is 5.69 Å². The first-order chi connectivity index (χ1) is 16.1. The molecule has 0 aliphatic rings. The number of hydrogen-bond donors (Lipinski definition) is 2. The van der Waals surface area contributed by atoms with Gasteiger partial charge in [-0.25, -0.2) is 17.5 Å². The van der Waals surface area contributed by atoms with E-state index in [2.05, 4.69) is 15.1 Å². The van der Waals surface area contributed by atoms with Gasteiger partial charge in [-0.3, -0.25) is 9.52 Å². The zero-order valence-electron chi connectivity index (χ0n) is 18.8. The van der Waals surface area contributed by atoms with E-state index in [4.69, 9.17) is 0 Å². The molecule has 1 heterocycles. The molecule has 0 atom stereocenters. The first kappa shape index (κ1) is 23.2. The zero-order valence-corrected chi connectivity index (χ0v) is 19.7. The summed E-state index contributed by atoms with van der Waals surface area (Å²) in [5, 5.41) is 7.23. The fraction of sp³-hybridized carbons (Fsp3) is 0.120. The van der Waals surface area contributed by atoms with Crippen LogP contribution in [0.15, 0.2) is 77.7 Å². The summed E-state index contributed by atoms with van der Waals surface area (Å²) in [7, 11) is -3.72. The standard InChI is InChI=1S/C25H23FN4O3S/c1-16-4-14-23(15-5-16)34(32,33)29-21-10-8-20(9-11-21)27-25(31)24-17(2)28-30(18(24)3)22-12-6-19(26)7-13-22/h4-15,29H,1-3H3,(H,27,31). The van der Waals surface area contributed by atoms with E-state index >= 15 is 0 Å². The van der Waals surface area contributed by atoms with Crippen LogP contribution in [0.2, 0.25) is 0 Å². The Morgan fingerprint density at radius 2 is 1.44 bits per heavy atom. The molecule has 34 heavy (non-hydrogen) atoms. The molecule has 0 saturated carbocycles. The number of anilines is 2. The molecule has 174 valence electrons. The number of aryl methyl sites for hydroxylation is 2. The Labute approximate surface area is 197 Å². The predicted molar refractivity (Wildman–Crippen MR) is 129 cm³/mol. The second-order valence-corrected chi connectivity index (χ2v) is 9.57. The number of halogens is 1. The van der Waals surface area contributed by atoms with E-state index in [1.165, 1.54) is 12.1 Å². The van der Waals surface area contributed by atoms with Crippen molar-refractivity contribution in [1.82, 2.24) is 9.78 Å². The van der Waals surface area contributed by atoms with Crippen LogP contribution in [0.4, 0.5) is 15.8 Å². The lowest BCUT2D eigenvalue weighted by Crippen LogP contribution is -2.15. The molecule has 3 aromatic carbocycles. The molecule has 0 bridgehead atoms. The van der Waals surface area contributed by atoms with E-state index in [0.29, 0.717) is 34.0 Å². The molecule has 0 fully saturated rings. The summed E-state index contributed by atoms with van der Waals surface area (Å²) in [6.45, 7) is 5.37. The van der Waals surface area contributed by atoms with Crippen molar-refractivity contribution in [1.29, 1.82) is 0 Å². The Kier molecular flexibility index (Phi) is 6.21. The van der Waals surface area contributed by atoms with Crippen LogP contribution in [-0.4, -0.2) is 24.1 Å². The molecule has 9 heteroatoms. The zero-order chi connectivity index (χ0) is 24.5. The minimum atomic E-state index is -3.72. The third-order valence-electron chi connectivity index (χ3n) is 5.32. The Bertz CT molecular complexity index is 1440. The maximum absolute atomic E-state index is 13.2. The van der Waals surface area contributed by atoms with Gasteiger partial charge in [-0.05, 0) is 81.4 Å². The minimum absolute atomic E-state index is 0.166. The van der Waals surface area contributed by atoms with Crippen molar-refractivity contribution >= 4 is 27.3 Å². The molecular formula is C25H23FN4O3S. The molecule has 0 spiro atoms. The molecule has 4 aromatic rings. The van der Waals surface area contributed by atoms with Crippen LogP contribution in [0.3, 0.4) is 0 Å². The first-order valence-electron chi connectivity index (χ1n) is 10.5. The molecule has 0 aliphatic carbocycles. The predicted octanol–water partition coefficient (Wildman–Crippen LogP) is 4.99. The summed E-state index contributed by atoms with van der Waals surface area (Å²) in [6.07, 6.45) is 0. The molecule has 0 radical (unpaired) electrons. The van der Waals surface area contributed by atoms with E-state index in [1.54, 1.807) is 79.2 Å². The van der Waals surface area contributed by atoms with Crippen LogP contribution in [-0.2, 0) is 10.0 Å². The van der Waals surface area contributed by atoms with Gasteiger partial charge < -0.3 is 5.32 Å². The lowest BCUT2D eigenvalue weighted by Gasteiger charge is -2.10. The number of amides is 1. The fourth-order valence-corrected chi connectivity index (χ4v) is 4.61. The molecule has 4 rings (SSSR count). The van der Waals surface area contributed by atoms with E-state index in [1.807, 2.05) is 6.92 Å². The highest BCUT2D eigenvalue weighted by Crippen LogP contribution is 2.22. The highest BCUT2D eigenvalue weighted by Gasteiger charge is 2.20. The van der Waals surface area contributed by atoms with Gasteiger partial charge in [0, 0.05) is 11.4 Å². The third kappa shape index (κ3) is 4.84. The molecule has 1 amide bonds. The van der Waals surface area contributed by atoms with Gasteiger partial charge >= 0.3 is 0 Å².